The lowest BCUT2D eigenvalue weighted by molar-refractivity contribution is 0.0952. The minimum absolute atomic E-state index is 0.0560. The topological polar surface area (TPSA) is 84.5 Å². The van der Waals surface area contributed by atoms with Gasteiger partial charge in [-0.1, -0.05) is 29.8 Å². The van der Waals surface area contributed by atoms with Gasteiger partial charge in [0.1, 0.15) is 0 Å². The molecule has 0 saturated carbocycles. The lowest BCUT2D eigenvalue weighted by Crippen LogP contribution is -2.28. The molecule has 0 bridgehead atoms. The first-order valence-corrected chi connectivity index (χ1v) is 10.8. The Bertz CT molecular complexity index is 899. The predicted molar refractivity (Wildman–Crippen MR) is 110 cm³/mol. The van der Waals surface area contributed by atoms with Gasteiger partial charge in [-0.25, -0.2) is 13.1 Å². The normalized spacial score (nSPS) is 11.4. The number of ether oxygens (including phenoxy) is 1. The van der Waals surface area contributed by atoms with Crippen molar-refractivity contribution in [2.45, 2.75) is 24.7 Å². The maximum Gasteiger partial charge on any atom is 0.251 e. The monoisotopic (exact) mass is 424 g/mol. The third-order valence-corrected chi connectivity index (χ3v) is 5.91. The van der Waals surface area contributed by atoms with Crippen molar-refractivity contribution in [3.05, 3.63) is 64.2 Å². The summed E-state index contributed by atoms with van der Waals surface area (Å²) in [6, 6.07) is 12.1. The van der Waals surface area contributed by atoms with Crippen LogP contribution in [0.25, 0.3) is 0 Å². The van der Waals surface area contributed by atoms with Crippen molar-refractivity contribution < 1.29 is 17.9 Å². The smallest absolute Gasteiger partial charge is 0.251 e. The number of hydrogen-bond acceptors (Lipinski definition) is 4. The minimum atomic E-state index is -3.69. The van der Waals surface area contributed by atoms with Gasteiger partial charge in [-0.2, -0.15) is 0 Å². The van der Waals surface area contributed by atoms with Crippen molar-refractivity contribution in [2.24, 2.45) is 0 Å². The summed E-state index contributed by atoms with van der Waals surface area (Å²) in [5.74, 6) is -0.289. The van der Waals surface area contributed by atoms with Crippen LogP contribution in [-0.2, 0) is 21.2 Å². The van der Waals surface area contributed by atoms with Crippen molar-refractivity contribution >= 4 is 27.5 Å². The first-order valence-electron chi connectivity index (χ1n) is 8.95. The molecule has 6 nitrogen and oxygen atoms in total. The molecule has 0 aliphatic rings. The summed E-state index contributed by atoms with van der Waals surface area (Å²) in [6.45, 7) is 2.70. The van der Waals surface area contributed by atoms with E-state index in [2.05, 4.69) is 10.0 Å². The number of carbonyl (C=O) groups is 1. The van der Waals surface area contributed by atoms with Crippen molar-refractivity contribution in [1.82, 2.24) is 10.0 Å². The molecule has 1 amide bonds. The zero-order valence-electron chi connectivity index (χ0n) is 16.0. The second-order valence-electron chi connectivity index (χ2n) is 6.35. The Labute approximate surface area is 171 Å². The quantitative estimate of drug-likeness (QED) is 0.574. The van der Waals surface area contributed by atoms with Crippen LogP contribution in [0.4, 0.5) is 0 Å². The Kier molecular flexibility index (Phi) is 8.44. The molecule has 2 rings (SSSR count). The number of aryl methyl sites for hydroxylation is 2. The van der Waals surface area contributed by atoms with Crippen molar-refractivity contribution in [3.63, 3.8) is 0 Å². The first kappa shape index (κ1) is 22.4. The number of amides is 1. The van der Waals surface area contributed by atoms with Gasteiger partial charge in [-0.3, -0.25) is 4.79 Å². The summed E-state index contributed by atoms with van der Waals surface area (Å²) >= 11 is 5.87. The lowest BCUT2D eigenvalue weighted by Gasteiger charge is -2.11. The summed E-state index contributed by atoms with van der Waals surface area (Å²) in [7, 11) is -2.20. The third-order valence-electron chi connectivity index (χ3n) is 4.20. The second kappa shape index (κ2) is 10.6. The van der Waals surface area contributed by atoms with E-state index in [0.29, 0.717) is 22.7 Å². The fourth-order valence-corrected chi connectivity index (χ4v) is 3.78. The van der Waals surface area contributed by atoms with Crippen LogP contribution in [0, 0.1) is 6.92 Å². The second-order valence-corrected chi connectivity index (χ2v) is 8.56. The van der Waals surface area contributed by atoms with Crippen LogP contribution in [0.2, 0.25) is 5.02 Å². The maximum atomic E-state index is 12.5. The van der Waals surface area contributed by atoms with E-state index < -0.39 is 10.0 Å². The molecule has 152 valence electrons. The Hall–Kier alpha value is -1.93. The Morgan fingerprint density at radius 2 is 1.82 bits per heavy atom. The van der Waals surface area contributed by atoms with Gasteiger partial charge in [0.15, 0.2) is 0 Å². The van der Waals surface area contributed by atoms with Crippen LogP contribution in [0.5, 0.6) is 0 Å². The van der Waals surface area contributed by atoms with Crippen LogP contribution < -0.4 is 10.0 Å². The molecule has 28 heavy (non-hydrogen) atoms. The number of rotatable bonds is 10. The Balaban J connectivity index is 1.95. The highest BCUT2D eigenvalue weighted by Gasteiger charge is 2.17. The van der Waals surface area contributed by atoms with Gasteiger partial charge in [0.2, 0.25) is 10.0 Å². The van der Waals surface area contributed by atoms with Gasteiger partial charge in [0.05, 0.1) is 11.5 Å². The van der Waals surface area contributed by atoms with Crippen LogP contribution >= 0.6 is 11.6 Å². The maximum absolute atomic E-state index is 12.5. The van der Waals surface area contributed by atoms with E-state index in [4.69, 9.17) is 16.3 Å². The predicted octanol–water partition coefficient (Wildman–Crippen LogP) is 2.94. The number of carbonyl (C=O) groups excluding carboxylic acids is 1. The molecule has 0 spiro atoms. The molecule has 0 fully saturated rings. The van der Waals surface area contributed by atoms with Crippen molar-refractivity contribution in [2.75, 3.05) is 26.8 Å². The molecule has 2 aromatic rings. The molecular formula is C20H25ClN2O4S. The molecule has 0 atom stereocenters. The fourth-order valence-electron chi connectivity index (χ4n) is 2.62. The highest BCUT2D eigenvalue weighted by molar-refractivity contribution is 7.89. The van der Waals surface area contributed by atoms with E-state index in [-0.39, 0.29) is 24.0 Å². The summed E-state index contributed by atoms with van der Waals surface area (Å²) in [5, 5.41) is 3.55. The first-order chi connectivity index (χ1) is 13.3. The largest absolute Gasteiger partial charge is 0.383 e. The standard InChI is InChI=1S/C20H25ClN2O4S/c1-15-5-10-18(28(25,26)23-12-13-27-2)14-19(15)20(24)22-11-3-4-16-6-8-17(21)9-7-16/h5-10,14,23H,3-4,11-13H2,1-2H3,(H,22,24). The van der Waals surface area contributed by atoms with Gasteiger partial charge in [0.25, 0.3) is 5.91 Å². The molecule has 0 aliphatic heterocycles. The molecule has 2 N–H and O–H groups in total. The van der Waals surface area contributed by atoms with E-state index in [1.165, 1.54) is 19.2 Å². The van der Waals surface area contributed by atoms with Crippen LogP contribution in [0.3, 0.4) is 0 Å². The highest BCUT2D eigenvalue weighted by Crippen LogP contribution is 2.16. The zero-order chi connectivity index (χ0) is 20.6. The van der Waals surface area contributed by atoms with Crippen LogP contribution in [0.1, 0.15) is 27.9 Å². The summed E-state index contributed by atoms with van der Waals surface area (Å²) in [4.78, 5) is 12.6. The number of benzene rings is 2. The van der Waals surface area contributed by atoms with Gasteiger partial charge in [-0.15, -0.1) is 0 Å². The average molecular weight is 425 g/mol. The molecule has 0 aliphatic carbocycles. The molecule has 0 saturated heterocycles. The van der Waals surface area contributed by atoms with E-state index in [0.717, 1.165) is 18.4 Å². The molecule has 0 aromatic heterocycles. The molecular weight excluding hydrogens is 400 g/mol. The number of hydrogen-bond donors (Lipinski definition) is 2. The van der Waals surface area contributed by atoms with E-state index in [9.17, 15) is 13.2 Å². The molecule has 0 radical (unpaired) electrons. The number of halogens is 1. The minimum Gasteiger partial charge on any atom is -0.383 e. The van der Waals surface area contributed by atoms with Crippen LogP contribution in [0.15, 0.2) is 47.4 Å². The number of nitrogens with one attached hydrogen (secondary N) is 2. The van der Waals surface area contributed by atoms with Crippen molar-refractivity contribution in [3.8, 4) is 0 Å². The molecule has 0 heterocycles. The van der Waals surface area contributed by atoms with Gasteiger partial charge in [-0.05, 0) is 55.2 Å². The number of sulfonamides is 1. The number of methoxy groups -OCH3 is 1. The van der Waals surface area contributed by atoms with Crippen molar-refractivity contribution in [1.29, 1.82) is 0 Å². The lowest BCUT2D eigenvalue weighted by atomic mass is 10.1. The van der Waals surface area contributed by atoms with E-state index in [1.54, 1.807) is 13.0 Å². The third kappa shape index (κ3) is 6.60. The molecule has 8 heteroatoms. The van der Waals surface area contributed by atoms with E-state index in [1.807, 2.05) is 24.3 Å². The summed E-state index contributed by atoms with van der Waals surface area (Å²) < 4.78 is 31.9. The van der Waals surface area contributed by atoms with Crippen LogP contribution in [-0.4, -0.2) is 41.1 Å². The summed E-state index contributed by atoms with van der Waals surface area (Å²) in [6.07, 6.45) is 1.58. The fraction of sp³-hybridized carbons (Fsp3) is 0.350. The van der Waals surface area contributed by atoms with Gasteiger partial charge in [0, 0.05) is 30.8 Å². The SMILES string of the molecule is COCCNS(=O)(=O)c1ccc(C)c(C(=O)NCCCc2ccc(Cl)cc2)c1. The Morgan fingerprint density at radius 3 is 2.50 bits per heavy atom. The average Bonchev–Trinajstić information content (AvgIpc) is 2.66. The van der Waals surface area contributed by atoms with Gasteiger partial charge >= 0.3 is 0 Å². The van der Waals surface area contributed by atoms with E-state index >= 15 is 0 Å². The Morgan fingerprint density at radius 1 is 1.11 bits per heavy atom. The zero-order valence-corrected chi connectivity index (χ0v) is 17.6. The molecule has 2 aromatic carbocycles. The van der Waals surface area contributed by atoms with Gasteiger partial charge < -0.3 is 10.1 Å². The molecule has 0 unspecified atom stereocenters. The summed E-state index contributed by atoms with van der Waals surface area (Å²) in [5.41, 5.74) is 2.21. The highest BCUT2D eigenvalue weighted by atomic mass is 35.5.